The van der Waals surface area contributed by atoms with Gasteiger partial charge in [0.25, 0.3) is 10.0 Å². The molecular formula is C15H13FN4O2S. The summed E-state index contributed by atoms with van der Waals surface area (Å²) >= 11 is 0. The second-order valence-electron chi connectivity index (χ2n) is 4.86. The normalized spacial score (nSPS) is 11.4. The maximum Gasteiger partial charge on any atom is 0.264 e. The topological polar surface area (TPSA) is 76.9 Å². The lowest BCUT2D eigenvalue weighted by Crippen LogP contribution is -2.17. The predicted molar refractivity (Wildman–Crippen MR) is 83.3 cm³/mol. The molecule has 0 fully saturated rings. The third-order valence-corrected chi connectivity index (χ3v) is 4.51. The van der Waals surface area contributed by atoms with Gasteiger partial charge in [-0.25, -0.2) is 22.5 Å². The molecule has 118 valence electrons. The number of benzene rings is 1. The van der Waals surface area contributed by atoms with Crippen molar-refractivity contribution in [2.24, 2.45) is 0 Å². The van der Waals surface area contributed by atoms with E-state index in [0.717, 1.165) is 6.07 Å². The van der Waals surface area contributed by atoms with Gasteiger partial charge < -0.3 is 0 Å². The van der Waals surface area contributed by atoms with Crippen LogP contribution in [0.25, 0.3) is 5.82 Å². The Hall–Kier alpha value is -2.74. The summed E-state index contributed by atoms with van der Waals surface area (Å²) in [6, 6.07) is 8.72. The van der Waals surface area contributed by atoms with Gasteiger partial charge in [-0.05, 0) is 42.8 Å². The Morgan fingerprint density at radius 1 is 1.17 bits per heavy atom. The number of hydrogen-bond acceptors (Lipinski definition) is 4. The van der Waals surface area contributed by atoms with Crippen molar-refractivity contribution in [2.75, 3.05) is 4.72 Å². The molecule has 0 spiro atoms. The summed E-state index contributed by atoms with van der Waals surface area (Å²) in [5.74, 6) is -0.512. The number of pyridine rings is 1. The van der Waals surface area contributed by atoms with Crippen molar-refractivity contribution in [1.29, 1.82) is 0 Å². The first kappa shape index (κ1) is 15.2. The number of sulfonamides is 1. The number of rotatable bonds is 4. The number of hydrogen-bond donors (Lipinski definition) is 1. The lowest BCUT2D eigenvalue weighted by atomic mass is 10.2. The minimum atomic E-state index is -4.09. The SMILES string of the molecule is Cc1ccc(F)c(S(=O)(=O)Nc2cccnc2-n2cccn2)c1. The van der Waals surface area contributed by atoms with Crippen LogP contribution in [0.5, 0.6) is 0 Å². The molecule has 0 unspecified atom stereocenters. The molecule has 8 heteroatoms. The Morgan fingerprint density at radius 3 is 2.74 bits per heavy atom. The molecule has 0 atom stereocenters. The molecule has 0 aliphatic rings. The zero-order valence-corrected chi connectivity index (χ0v) is 13.0. The van der Waals surface area contributed by atoms with Gasteiger partial charge in [-0.3, -0.25) is 4.72 Å². The van der Waals surface area contributed by atoms with Crippen LogP contribution < -0.4 is 4.72 Å². The van der Waals surface area contributed by atoms with Gasteiger partial charge in [0.15, 0.2) is 5.82 Å². The summed E-state index contributed by atoms with van der Waals surface area (Å²) in [7, 11) is -4.09. The van der Waals surface area contributed by atoms with Gasteiger partial charge in [-0.15, -0.1) is 0 Å². The van der Waals surface area contributed by atoms with Gasteiger partial charge in [0, 0.05) is 18.6 Å². The van der Waals surface area contributed by atoms with E-state index in [1.54, 1.807) is 31.5 Å². The van der Waals surface area contributed by atoms with Crippen LogP contribution in [0.2, 0.25) is 0 Å². The Balaban J connectivity index is 2.04. The first-order chi connectivity index (χ1) is 11.0. The molecule has 3 rings (SSSR count). The van der Waals surface area contributed by atoms with E-state index >= 15 is 0 Å². The third kappa shape index (κ3) is 3.07. The summed E-state index contributed by atoms with van der Waals surface area (Å²) in [6.45, 7) is 1.69. The highest BCUT2D eigenvalue weighted by atomic mass is 32.2. The molecule has 0 radical (unpaired) electrons. The summed E-state index contributed by atoms with van der Waals surface area (Å²) in [5.41, 5.74) is 0.849. The van der Waals surface area contributed by atoms with E-state index in [2.05, 4.69) is 14.8 Å². The van der Waals surface area contributed by atoms with Crippen LogP contribution in [-0.4, -0.2) is 23.2 Å². The monoisotopic (exact) mass is 332 g/mol. The highest BCUT2D eigenvalue weighted by Gasteiger charge is 2.21. The highest BCUT2D eigenvalue weighted by molar-refractivity contribution is 7.92. The van der Waals surface area contributed by atoms with Crippen LogP contribution >= 0.6 is 0 Å². The van der Waals surface area contributed by atoms with E-state index < -0.39 is 20.7 Å². The smallest absolute Gasteiger partial charge is 0.264 e. The molecule has 2 aromatic heterocycles. The first-order valence-electron chi connectivity index (χ1n) is 6.71. The fourth-order valence-electron chi connectivity index (χ4n) is 2.07. The number of halogens is 1. The molecule has 1 aromatic carbocycles. The average molecular weight is 332 g/mol. The van der Waals surface area contributed by atoms with Crippen molar-refractivity contribution in [2.45, 2.75) is 11.8 Å². The van der Waals surface area contributed by atoms with Gasteiger partial charge in [-0.2, -0.15) is 5.10 Å². The minimum absolute atomic E-state index is 0.206. The average Bonchev–Trinajstić information content (AvgIpc) is 3.04. The van der Waals surface area contributed by atoms with Gasteiger partial charge in [0.1, 0.15) is 10.7 Å². The van der Waals surface area contributed by atoms with Crippen LogP contribution in [0.3, 0.4) is 0 Å². The van der Waals surface area contributed by atoms with E-state index in [1.807, 2.05) is 0 Å². The van der Waals surface area contributed by atoms with Crippen LogP contribution in [0, 0.1) is 12.7 Å². The molecule has 0 saturated carbocycles. The summed E-state index contributed by atoms with van der Waals surface area (Å²) < 4.78 is 42.7. The number of anilines is 1. The van der Waals surface area contributed by atoms with E-state index in [1.165, 1.54) is 29.1 Å². The van der Waals surface area contributed by atoms with Gasteiger partial charge >= 0.3 is 0 Å². The van der Waals surface area contributed by atoms with Crippen LogP contribution in [0.4, 0.5) is 10.1 Å². The van der Waals surface area contributed by atoms with E-state index in [9.17, 15) is 12.8 Å². The lowest BCUT2D eigenvalue weighted by molar-refractivity contribution is 0.569. The Kier molecular flexibility index (Phi) is 3.83. The first-order valence-corrected chi connectivity index (χ1v) is 8.20. The Morgan fingerprint density at radius 2 is 2.00 bits per heavy atom. The third-order valence-electron chi connectivity index (χ3n) is 3.13. The fourth-order valence-corrected chi connectivity index (χ4v) is 3.29. The van der Waals surface area contributed by atoms with Crippen molar-refractivity contribution < 1.29 is 12.8 Å². The standard InChI is InChI=1S/C15H13FN4O2S/c1-11-5-6-12(16)14(10-11)23(21,22)19-13-4-2-7-17-15(13)20-9-3-8-18-20/h2-10,19H,1H3. The molecule has 6 nitrogen and oxygen atoms in total. The molecule has 0 saturated heterocycles. The molecule has 2 heterocycles. The zero-order chi connectivity index (χ0) is 16.4. The summed E-state index contributed by atoms with van der Waals surface area (Å²) in [5, 5.41) is 4.03. The number of aryl methyl sites for hydroxylation is 1. The highest BCUT2D eigenvalue weighted by Crippen LogP contribution is 2.23. The molecule has 0 aliphatic carbocycles. The maximum atomic E-state index is 13.9. The number of nitrogens with one attached hydrogen (secondary N) is 1. The van der Waals surface area contributed by atoms with E-state index in [4.69, 9.17) is 0 Å². The van der Waals surface area contributed by atoms with Gasteiger partial charge in [0.05, 0.1) is 5.69 Å². The number of nitrogens with zero attached hydrogens (tertiary/aromatic N) is 3. The quantitative estimate of drug-likeness (QED) is 0.796. The Bertz CT molecular complexity index is 940. The summed E-state index contributed by atoms with van der Waals surface area (Å²) in [4.78, 5) is 3.71. The van der Waals surface area contributed by atoms with E-state index in [-0.39, 0.29) is 5.69 Å². The second-order valence-corrected chi connectivity index (χ2v) is 6.52. The van der Waals surface area contributed by atoms with Crippen molar-refractivity contribution in [3.63, 3.8) is 0 Å². The molecular weight excluding hydrogens is 319 g/mol. The summed E-state index contributed by atoms with van der Waals surface area (Å²) in [6.07, 6.45) is 4.70. The maximum absolute atomic E-state index is 13.9. The lowest BCUT2D eigenvalue weighted by Gasteiger charge is -2.12. The molecule has 0 amide bonds. The molecule has 0 bridgehead atoms. The predicted octanol–water partition coefficient (Wildman–Crippen LogP) is 2.52. The molecule has 23 heavy (non-hydrogen) atoms. The molecule has 3 aromatic rings. The number of aromatic nitrogens is 3. The van der Waals surface area contributed by atoms with Gasteiger partial charge in [-0.1, -0.05) is 6.07 Å². The minimum Gasteiger partial charge on any atom is -0.276 e. The molecule has 0 aliphatic heterocycles. The Labute approximate surface area is 132 Å². The zero-order valence-electron chi connectivity index (χ0n) is 12.1. The van der Waals surface area contributed by atoms with Crippen molar-refractivity contribution >= 4 is 15.7 Å². The van der Waals surface area contributed by atoms with Crippen LogP contribution in [-0.2, 0) is 10.0 Å². The van der Waals surface area contributed by atoms with Crippen molar-refractivity contribution in [3.8, 4) is 5.82 Å². The molecule has 1 N–H and O–H groups in total. The fraction of sp³-hybridized carbons (Fsp3) is 0.0667. The largest absolute Gasteiger partial charge is 0.276 e. The van der Waals surface area contributed by atoms with Crippen LogP contribution in [0.15, 0.2) is 59.9 Å². The van der Waals surface area contributed by atoms with Crippen molar-refractivity contribution in [3.05, 3.63) is 66.4 Å². The van der Waals surface area contributed by atoms with Gasteiger partial charge in [0.2, 0.25) is 0 Å². The van der Waals surface area contributed by atoms with Crippen molar-refractivity contribution in [1.82, 2.24) is 14.8 Å². The van der Waals surface area contributed by atoms with E-state index in [0.29, 0.717) is 11.4 Å². The second kappa shape index (κ2) is 5.81. The van der Waals surface area contributed by atoms with Crippen LogP contribution in [0.1, 0.15) is 5.56 Å².